The number of hydrogen-bond acceptors (Lipinski definition) is 4. The molecule has 0 aliphatic heterocycles. The molecule has 1 heterocycles. The highest BCUT2D eigenvalue weighted by Gasteiger charge is 2.08. The molecule has 0 unspecified atom stereocenters. The van der Waals surface area contributed by atoms with Gasteiger partial charge in [-0.1, -0.05) is 11.6 Å². The van der Waals surface area contributed by atoms with Crippen molar-refractivity contribution in [3.63, 3.8) is 0 Å². The molecule has 1 aromatic carbocycles. The first-order valence-corrected chi connectivity index (χ1v) is 6.93. The van der Waals surface area contributed by atoms with E-state index in [9.17, 15) is 0 Å². The Balaban J connectivity index is 2.05. The molecule has 0 aliphatic rings. The van der Waals surface area contributed by atoms with Gasteiger partial charge in [0.2, 0.25) is 0 Å². The lowest BCUT2D eigenvalue weighted by Gasteiger charge is -2.17. The van der Waals surface area contributed by atoms with Gasteiger partial charge in [-0.3, -0.25) is 4.90 Å². The third-order valence-corrected chi connectivity index (χ3v) is 3.96. The maximum absolute atomic E-state index is 5.99. The van der Waals surface area contributed by atoms with Gasteiger partial charge in [-0.15, -0.1) is 11.3 Å². The predicted octanol–water partition coefficient (Wildman–Crippen LogP) is 3.32. The number of nitrogens with zero attached hydrogens (tertiary/aromatic N) is 2. The quantitative estimate of drug-likeness (QED) is 0.874. The van der Waals surface area contributed by atoms with Crippen molar-refractivity contribution < 1.29 is 0 Å². The Morgan fingerprint density at radius 1 is 1.39 bits per heavy atom. The second-order valence-electron chi connectivity index (χ2n) is 4.38. The molecule has 2 rings (SSSR count). The van der Waals surface area contributed by atoms with Crippen LogP contribution < -0.4 is 5.73 Å². The van der Waals surface area contributed by atoms with E-state index in [2.05, 4.69) is 16.9 Å². The summed E-state index contributed by atoms with van der Waals surface area (Å²) in [6.07, 6.45) is 0. The zero-order chi connectivity index (χ0) is 13.1. The predicted molar refractivity (Wildman–Crippen MR) is 77.9 cm³/mol. The summed E-state index contributed by atoms with van der Waals surface area (Å²) in [7, 11) is 2.07. The van der Waals surface area contributed by atoms with Crippen molar-refractivity contribution in [1.82, 2.24) is 9.88 Å². The van der Waals surface area contributed by atoms with E-state index in [-0.39, 0.29) is 0 Å². The van der Waals surface area contributed by atoms with Crippen LogP contribution in [-0.4, -0.2) is 16.9 Å². The van der Waals surface area contributed by atoms with Gasteiger partial charge in [0.1, 0.15) is 0 Å². The van der Waals surface area contributed by atoms with E-state index in [1.165, 1.54) is 4.88 Å². The van der Waals surface area contributed by atoms with Gasteiger partial charge in [0.15, 0.2) is 0 Å². The van der Waals surface area contributed by atoms with E-state index in [1.54, 1.807) is 11.3 Å². The molecule has 96 valence electrons. The molecule has 0 saturated heterocycles. The van der Waals surface area contributed by atoms with Crippen molar-refractivity contribution in [3.8, 4) is 0 Å². The number of nitrogens with two attached hydrogens (primary N) is 1. The van der Waals surface area contributed by atoms with E-state index in [4.69, 9.17) is 17.3 Å². The number of anilines is 1. The van der Waals surface area contributed by atoms with E-state index in [1.807, 2.05) is 30.6 Å². The highest BCUT2D eigenvalue weighted by Crippen LogP contribution is 2.21. The fourth-order valence-electron chi connectivity index (χ4n) is 1.78. The van der Waals surface area contributed by atoms with Gasteiger partial charge in [0, 0.05) is 28.7 Å². The monoisotopic (exact) mass is 281 g/mol. The Labute approximate surface area is 116 Å². The first kappa shape index (κ1) is 13.3. The van der Waals surface area contributed by atoms with E-state index in [0.717, 1.165) is 35.1 Å². The summed E-state index contributed by atoms with van der Waals surface area (Å²) in [4.78, 5) is 7.76. The average Bonchev–Trinajstić information content (AvgIpc) is 2.70. The standard InChI is InChI=1S/C13H16ClN3S/c1-9-13(18-8-16-9)7-17(2)6-10-5-11(14)3-4-12(10)15/h3-5,8H,6-7,15H2,1-2H3. The maximum Gasteiger partial charge on any atom is 0.0798 e. The van der Waals surface area contributed by atoms with E-state index >= 15 is 0 Å². The first-order chi connectivity index (χ1) is 8.56. The van der Waals surface area contributed by atoms with Crippen LogP contribution >= 0.6 is 22.9 Å². The molecule has 0 saturated carbocycles. The minimum atomic E-state index is 0.724. The van der Waals surface area contributed by atoms with Gasteiger partial charge >= 0.3 is 0 Å². The second kappa shape index (κ2) is 5.69. The number of benzene rings is 1. The topological polar surface area (TPSA) is 42.2 Å². The summed E-state index contributed by atoms with van der Waals surface area (Å²) < 4.78 is 0. The van der Waals surface area contributed by atoms with Crippen LogP contribution in [0.25, 0.3) is 0 Å². The number of rotatable bonds is 4. The summed E-state index contributed by atoms with van der Waals surface area (Å²) in [5.74, 6) is 0. The highest BCUT2D eigenvalue weighted by atomic mass is 35.5. The Morgan fingerprint density at radius 3 is 2.83 bits per heavy atom. The van der Waals surface area contributed by atoms with Crippen molar-refractivity contribution in [2.24, 2.45) is 0 Å². The SMILES string of the molecule is Cc1ncsc1CN(C)Cc1cc(Cl)ccc1N. The average molecular weight is 282 g/mol. The van der Waals surface area contributed by atoms with Crippen molar-refractivity contribution >= 4 is 28.6 Å². The van der Waals surface area contributed by atoms with Crippen LogP contribution in [-0.2, 0) is 13.1 Å². The van der Waals surface area contributed by atoms with Crippen LogP contribution in [0.2, 0.25) is 5.02 Å². The summed E-state index contributed by atoms with van der Waals surface area (Å²) in [5, 5.41) is 0.724. The highest BCUT2D eigenvalue weighted by molar-refractivity contribution is 7.09. The van der Waals surface area contributed by atoms with Crippen molar-refractivity contribution in [3.05, 3.63) is 44.9 Å². The van der Waals surface area contributed by atoms with Gasteiger partial charge in [-0.05, 0) is 37.7 Å². The van der Waals surface area contributed by atoms with E-state index in [0.29, 0.717) is 0 Å². The first-order valence-electron chi connectivity index (χ1n) is 5.67. The van der Waals surface area contributed by atoms with Crippen molar-refractivity contribution in [2.75, 3.05) is 12.8 Å². The van der Waals surface area contributed by atoms with Gasteiger partial charge in [-0.2, -0.15) is 0 Å². The summed E-state index contributed by atoms with van der Waals surface area (Å²) >= 11 is 7.67. The molecule has 2 N–H and O–H groups in total. The molecule has 3 nitrogen and oxygen atoms in total. The fraction of sp³-hybridized carbons (Fsp3) is 0.308. The summed E-state index contributed by atoms with van der Waals surface area (Å²) in [6.45, 7) is 3.69. The molecule has 0 bridgehead atoms. The van der Waals surface area contributed by atoms with Gasteiger partial charge in [-0.25, -0.2) is 4.98 Å². The Hall–Kier alpha value is -1.10. The molecular formula is C13H16ClN3S. The molecule has 0 amide bonds. The molecule has 0 fully saturated rings. The molecule has 2 aromatic rings. The van der Waals surface area contributed by atoms with E-state index < -0.39 is 0 Å². The minimum Gasteiger partial charge on any atom is -0.398 e. The number of hydrogen-bond donors (Lipinski definition) is 1. The molecule has 0 atom stereocenters. The molecule has 0 spiro atoms. The Bertz CT molecular complexity index is 539. The van der Waals surface area contributed by atoms with Crippen LogP contribution in [0.15, 0.2) is 23.7 Å². The molecule has 1 aromatic heterocycles. The maximum atomic E-state index is 5.99. The number of nitrogen functional groups attached to an aromatic ring is 1. The second-order valence-corrected chi connectivity index (χ2v) is 5.75. The van der Waals surface area contributed by atoms with Crippen LogP contribution in [0.1, 0.15) is 16.1 Å². The number of aryl methyl sites for hydroxylation is 1. The lowest BCUT2D eigenvalue weighted by molar-refractivity contribution is 0.321. The van der Waals surface area contributed by atoms with Gasteiger partial charge < -0.3 is 5.73 Å². The molecular weight excluding hydrogens is 266 g/mol. The van der Waals surface area contributed by atoms with Crippen LogP contribution in [0.4, 0.5) is 5.69 Å². The zero-order valence-corrected chi connectivity index (χ0v) is 12.1. The molecule has 18 heavy (non-hydrogen) atoms. The summed E-state index contributed by atoms with van der Waals surface area (Å²) in [5.41, 5.74) is 10.8. The Kier molecular flexibility index (Phi) is 4.22. The smallest absolute Gasteiger partial charge is 0.0798 e. The summed E-state index contributed by atoms with van der Waals surface area (Å²) in [6, 6.07) is 5.59. The number of thiazole rings is 1. The fourth-order valence-corrected chi connectivity index (χ4v) is 2.83. The third-order valence-electron chi connectivity index (χ3n) is 2.80. The molecule has 0 radical (unpaired) electrons. The van der Waals surface area contributed by atoms with Crippen molar-refractivity contribution in [1.29, 1.82) is 0 Å². The van der Waals surface area contributed by atoms with Gasteiger partial charge in [0.05, 0.1) is 11.2 Å². The zero-order valence-electron chi connectivity index (χ0n) is 10.5. The largest absolute Gasteiger partial charge is 0.398 e. The molecule has 0 aliphatic carbocycles. The minimum absolute atomic E-state index is 0.724. The number of halogens is 1. The van der Waals surface area contributed by atoms with Gasteiger partial charge in [0.25, 0.3) is 0 Å². The Morgan fingerprint density at radius 2 is 2.17 bits per heavy atom. The van der Waals surface area contributed by atoms with Crippen LogP contribution in [0.3, 0.4) is 0 Å². The lowest BCUT2D eigenvalue weighted by Crippen LogP contribution is -2.18. The lowest BCUT2D eigenvalue weighted by atomic mass is 10.1. The third kappa shape index (κ3) is 3.22. The molecule has 5 heteroatoms. The number of aromatic nitrogens is 1. The van der Waals surface area contributed by atoms with Crippen LogP contribution in [0.5, 0.6) is 0 Å². The van der Waals surface area contributed by atoms with Crippen LogP contribution in [0, 0.1) is 6.92 Å². The normalized spacial score (nSPS) is 11.1. The van der Waals surface area contributed by atoms with Crippen molar-refractivity contribution in [2.45, 2.75) is 20.0 Å².